The van der Waals surface area contributed by atoms with Crippen molar-refractivity contribution >= 4 is 5.78 Å². The van der Waals surface area contributed by atoms with Crippen molar-refractivity contribution in [3.8, 4) is 11.5 Å². The highest BCUT2D eigenvalue weighted by Crippen LogP contribution is 2.44. The third-order valence-electron chi connectivity index (χ3n) is 3.45. The van der Waals surface area contributed by atoms with E-state index in [1.165, 1.54) is 0 Å². The molecule has 1 saturated carbocycles. The van der Waals surface area contributed by atoms with Gasteiger partial charge in [-0.05, 0) is 17.7 Å². The molecule has 0 amide bonds. The Morgan fingerprint density at radius 1 is 1.25 bits per heavy atom. The zero-order valence-electron chi connectivity index (χ0n) is 8.86. The number of benzene rings is 1. The second-order valence-corrected chi connectivity index (χ2v) is 4.44. The van der Waals surface area contributed by atoms with Crippen LogP contribution in [-0.4, -0.2) is 19.1 Å². The van der Waals surface area contributed by atoms with Gasteiger partial charge in [0.15, 0.2) is 11.5 Å². The molecule has 0 saturated heterocycles. The standard InChI is InChI=1S/C12H13NO3/c13-6-12(4-9(14)5-12)8-1-2-10-11(3-8)16-7-15-10/h1-3H,4-7,13H2. The van der Waals surface area contributed by atoms with Crippen molar-refractivity contribution < 1.29 is 14.3 Å². The zero-order chi connectivity index (χ0) is 11.2. The predicted molar refractivity (Wildman–Crippen MR) is 57.5 cm³/mol. The lowest BCUT2D eigenvalue weighted by atomic mass is 9.63. The molecule has 0 unspecified atom stereocenters. The van der Waals surface area contributed by atoms with Gasteiger partial charge in [-0.25, -0.2) is 0 Å². The fourth-order valence-electron chi connectivity index (χ4n) is 2.40. The normalized spacial score (nSPS) is 20.7. The molecule has 0 spiro atoms. The summed E-state index contributed by atoms with van der Waals surface area (Å²) in [5.41, 5.74) is 6.70. The number of nitrogens with two attached hydrogens (primary N) is 1. The van der Waals surface area contributed by atoms with E-state index in [-0.39, 0.29) is 18.0 Å². The van der Waals surface area contributed by atoms with Gasteiger partial charge in [-0.2, -0.15) is 0 Å². The minimum atomic E-state index is -0.169. The van der Waals surface area contributed by atoms with Gasteiger partial charge in [-0.15, -0.1) is 0 Å². The zero-order valence-corrected chi connectivity index (χ0v) is 8.86. The average Bonchev–Trinajstić information content (AvgIpc) is 2.71. The number of rotatable bonds is 2. The molecule has 0 atom stereocenters. The molecule has 1 aromatic carbocycles. The van der Waals surface area contributed by atoms with Gasteiger partial charge in [0.2, 0.25) is 6.79 Å². The van der Waals surface area contributed by atoms with Crippen LogP contribution in [0.1, 0.15) is 18.4 Å². The van der Waals surface area contributed by atoms with Crippen LogP contribution in [-0.2, 0) is 10.2 Å². The lowest BCUT2D eigenvalue weighted by Crippen LogP contribution is -2.47. The highest BCUT2D eigenvalue weighted by molar-refractivity contribution is 5.88. The highest BCUT2D eigenvalue weighted by atomic mass is 16.7. The molecular formula is C12H13NO3. The number of hydrogen-bond acceptors (Lipinski definition) is 4. The number of Topliss-reactive ketones (excluding diaryl/α,β-unsaturated/α-hetero) is 1. The van der Waals surface area contributed by atoms with E-state index in [4.69, 9.17) is 15.2 Å². The van der Waals surface area contributed by atoms with Gasteiger partial charge < -0.3 is 15.2 Å². The molecule has 1 aromatic rings. The molecule has 2 N–H and O–H groups in total. The first-order valence-electron chi connectivity index (χ1n) is 5.35. The fraction of sp³-hybridized carbons (Fsp3) is 0.417. The molecule has 1 fully saturated rings. The van der Waals surface area contributed by atoms with Crippen LogP contribution in [0.4, 0.5) is 0 Å². The Bertz CT molecular complexity index is 448. The van der Waals surface area contributed by atoms with E-state index in [2.05, 4.69) is 0 Å². The summed E-state index contributed by atoms with van der Waals surface area (Å²) in [7, 11) is 0. The third kappa shape index (κ3) is 1.23. The van der Waals surface area contributed by atoms with Gasteiger partial charge in [0, 0.05) is 24.8 Å². The van der Waals surface area contributed by atoms with E-state index in [0.29, 0.717) is 19.4 Å². The van der Waals surface area contributed by atoms with E-state index >= 15 is 0 Å². The Kier molecular flexibility index (Phi) is 1.94. The summed E-state index contributed by atoms with van der Waals surface area (Å²) in [6.45, 7) is 0.770. The second kappa shape index (κ2) is 3.22. The number of ether oxygens (including phenoxy) is 2. The Morgan fingerprint density at radius 2 is 2.00 bits per heavy atom. The Labute approximate surface area is 93.3 Å². The predicted octanol–water partition coefficient (Wildman–Crippen LogP) is 0.975. The molecule has 2 aliphatic rings. The first-order valence-corrected chi connectivity index (χ1v) is 5.35. The molecule has 0 bridgehead atoms. The summed E-state index contributed by atoms with van der Waals surface area (Å²) in [6.07, 6.45) is 1.09. The smallest absolute Gasteiger partial charge is 0.231 e. The topological polar surface area (TPSA) is 61.6 Å². The number of ketones is 1. The summed E-state index contributed by atoms with van der Waals surface area (Å²) in [5.74, 6) is 1.80. The van der Waals surface area contributed by atoms with E-state index in [0.717, 1.165) is 17.1 Å². The van der Waals surface area contributed by atoms with Gasteiger partial charge in [0.05, 0.1) is 0 Å². The van der Waals surface area contributed by atoms with Crippen LogP contribution >= 0.6 is 0 Å². The molecule has 1 aliphatic carbocycles. The third-order valence-corrected chi connectivity index (χ3v) is 3.45. The molecule has 3 rings (SSSR count). The van der Waals surface area contributed by atoms with Gasteiger partial charge in [0.25, 0.3) is 0 Å². The minimum absolute atomic E-state index is 0.169. The summed E-state index contributed by atoms with van der Waals surface area (Å²) >= 11 is 0. The number of carbonyl (C=O) groups is 1. The Hall–Kier alpha value is -1.55. The van der Waals surface area contributed by atoms with Crippen molar-refractivity contribution in [1.29, 1.82) is 0 Å². The van der Waals surface area contributed by atoms with E-state index in [1.54, 1.807) is 0 Å². The maximum absolute atomic E-state index is 11.2. The van der Waals surface area contributed by atoms with Crippen molar-refractivity contribution in [1.82, 2.24) is 0 Å². The molecule has 0 aromatic heterocycles. The van der Waals surface area contributed by atoms with E-state index in [9.17, 15) is 4.79 Å². The molecular weight excluding hydrogens is 206 g/mol. The summed E-state index contributed by atoms with van der Waals surface area (Å²) in [6, 6.07) is 5.81. The summed E-state index contributed by atoms with van der Waals surface area (Å²) in [4.78, 5) is 11.2. The average molecular weight is 219 g/mol. The second-order valence-electron chi connectivity index (χ2n) is 4.44. The van der Waals surface area contributed by atoms with Crippen molar-refractivity contribution in [2.45, 2.75) is 18.3 Å². The number of fused-ring (bicyclic) bond motifs is 1. The maximum atomic E-state index is 11.2. The van der Waals surface area contributed by atoms with Gasteiger partial charge in [0.1, 0.15) is 5.78 Å². The SMILES string of the molecule is NCC1(c2ccc3c(c2)OCO3)CC(=O)C1. The maximum Gasteiger partial charge on any atom is 0.231 e. The van der Waals surface area contributed by atoms with Crippen LogP contribution in [0.5, 0.6) is 11.5 Å². The van der Waals surface area contributed by atoms with Crippen molar-refractivity contribution in [2.75, 3.05) is 13.3 Å². The lowest BCUT2D eigenvalue weighted by molar-refractivity contribution is -0.128. The van der Waals surface area contributed by atoms with Crippen molar-refractivity contribution in [2.24, 2.45) is 5.73 Å². The van der Waals surface area contributed by atoms with Gasteiger partial charge in [-0.1, -0.05) is 6.07 Å². The van der Waals surface area contributed by atoms with Gasteiger partial charge >= 0.3 is 0 Å². The monoisotopic (exact) mass is 219 g/mol. The van der Waals surface area contributed by atoms with Crippen molar-refractivity contribution in [3.63, 3.8) is 0 Å². The first kappa shape index (κ1) is 9.66. The number of hydrogen-bond donors (Lipinski definition) is 1. The van der Waals surface area contributed by atoms with Crippen LogP contribution in [0.2, 0.25) is 0 Å². The highest BCUT2D eigenvalue weighted by Gasteiger charge is 2.44. The lowest BCUT2D eigenvalue weighted by Gasteiger charge is -2.40. The Morgan fingerprint density at radius 3 is 2.69 bits per heavy atom. The molecule has 0 radical (unpaired) electrons. The molecule has 4 nitrogen and oxygen atoms in total. The van der Waals surface area contributed by atoms with Crippen molar-refractivity contribution in [3.05, 3.63) is 23.8 Å². The molecule has 16 heavy (non-hydrogen) atoms. The molecule has 1 aliphatic heterocycles. The summed E-state index contributed by atoms with van der Waals surface area (Å²) in [5, 5.41) is 0. The van der Waals surface area contributed by atoms with Crippen LogP contribution in [0.3, 0.4) is 0 Å². The van der Waals surface area contributed by atoms with Crippen LogP contribution < -0.4 is 15.2 Å². The molecule has 84 valence electrons. The summed E-state index contributed by atoms with van der Waals surface area (Å²) < 4.78 is 10.6. The first-order chi connectivity index (χ1) is 7.73. The number of carbonyl (C=O) groups excluding carboxylic acids is 1. The molecule has 4 heteroatoms. The minimum Gasteiger partial charge on any atom is -0.454 e. The van der Waals surface area contributed by atoms with Crippen LogP contribution in [0, 0.1) is 0 Å². The van der Waals surface area contributed by atoms with E-state index in [1.807, 2.05) is 18.2 Å². The Balaban J connectivity index is 1.97. The van der Waals surface area contributed by atoms with Gasteiger partial charge in [-0.3, -0.25) is 4.79 Å². The van der Waals surface area contributed by atoms with Crippen LogP contribution in [0.15, 0.2) is 18.2 Å². The van der Waals surface area contributed by atoms with E-state index < -0.39 is 0 Å². The molecule has 1 heterocycles. The largest absolute Gasteiger partial charge is 0.454 e. The fourth-order valence-corrected chi connectivity index (χ4v) is 2.40. The quantitative estimate of drug-likeness (QED) is 0.805. The van der Waals surface area contributed by atoms with Crippen LogP contribution in [0.25, 0.3) is 0 Å².